The van der Waals surface area contributed by atoms with Crippen LogP contribution >= 0.6 is 0 Å². The van der Waals surface area contributed by atoms with Crippen molar-refractivity contribution in [2.45, 2.75) is 12.9 Å². The molecule has 1 heterocycles. The Balaban J connectivity index is 1.83. The molecule has 0 bridgehead atoms. The van der Waals surface area contributed by atoms with Gasteiger partial charge in [-0.1, -0.05) is 24.3 Å². The molecule has 27 heavy (non-hydrogen) atoms. The molecule has 0 atom stereocenters. The molecule has 0 saturated carbocycles. The fourth-order valence-corrected chi connectivity index (χ4v) is 2.47. The number of alkyl halides is 3. The zero-order chi connectivity index (χ0) is 19.4. The van der Waals surface area contributed by atoms with Gasteiger partial charge in [0.2, 0.25) is 0 Å². The molecule has 0 amide bonds. The Kier molecular flexibility index (Phi) is 5.16. The van der Waals surface area contributed by atoms with Crippen molar-refractivity contribution in [2.24, 2.45) is 0 Å². The van der Waals surface area contributed by atoms with Crippen LogP contribution in [0.5, 0.6) is 11.5 Å². The molecule has 0 saturated heterocycles. The molecular formula is C19H15F3N2O3. The summed E-state index contributed by atoms with van der Waals surface area (Å²) < 4.78 is 46.9. The molecule has 0 spiro atoms. The summed E-state index contributed by atoms with van der Waals surface area (Å²) >= 11 is 0. The predicted octanol–water partition coefficient (Wildman–Crippen LogP) is 3.87. The minimum absolute atomic E-state index is 0.114. The molecule has 3 rings (SSSR count). The number of nitrogens with zero attached hydrogens (tertiary/aromatic N) is 2. The average Bonchev–Trinajstić information content (AvgIpc) is 2.64. The van der Waals surface area contributed by atoms with Crippen molar-refractivity contribution in [1.29, 1.82) is 0 Å². The average molecular weight is 376 g/mol. The normalized spacial score (nSPS) is 11.3. The second kappa shape index (κ2) is 7.53. The number of hydrogen-bond donors (Lipinski definition) is 0. The molecule has 3 aromatic rings. The summed E-state index contributed by atoms with van der Waals surface area (Å²) in [5.74, 6) is 0.337. The molecule has 5 nitrogen and oxygen atoms in total. The summed E-state index contributed by atoms with van der Waals surface area (Å²) in [5.41, 5.74) is 1.64. The highest BCUT2D eigenvalue weighted by atomic mass is 19.4. The second-order valence-electron chi connectivity index (χ2n) is 5.64. The van der Waals surface area contributed by atoms with Crippen LogP contribution in [-0.4, -0.2) is 23.3 Å². The molecule has 1 aromatic heterocycles. The summed E-state index contributed by atoms with van der Waals surface area (Å²) in [5, 5.41) is 4.33. The van der Waals surface area contributed by atoms with Gasteiger partial charge in [0.1, 0.15) is 11.5 Å². The van der Waals surface area contributed by atoms with E-state index < -0.39 is 6.36 Å². The summed E-state index contributed by atoms with van der Waals surface area (Å²) in [7, 11) is 1.56. The van der Waals surface area contributed by atoms with E-state index >= 15 is 0 Å². The number of ether oxygens (including phenoxy) is 2. The number of methoxy groups -OCH3 is 1. The van der Waals surface area contributed by atoms with E-state index in [0.29, 0.717) is 17.0 Å². The van der Waals surface area contributed by atoms with Gasteiger partial charge in [0.25, 0.3) is 5.56 Å². The topological polar surface area (TPSA) is 53.4 Å². The standard InChI is InChI=1S/C19H15F3N2O3/c1-26-16-4-2-3-14(11-16)17-9-10-18(25)24(23-17)12-13-5-7-15(8-6-13)27-19(20,21)22/h2-11H,12H2,1H3. The van der Waals surface area contributed by atoms with E-state index in [2.05, 4.69) is 9.84 Å². The van der Waals surface area contributed by atoms with Crippen LogP contribution in [0.15, 0.2) is 65.5 Å². The summed E-state index contributed by atoms with van der Waals surface area (Å²) in [4.78, 5) is 12.1. The molecule has 0 fully saturated rings. The number of benzene rings is 2. The van der Waals surface area contributed by atoms with Crippen molar-refractivity contribution in [2.75, 3.05) is 7.11 Å². The Morgan fingerprint density at radius 1 is 1.00 bits per heavy atom. The minimum atomic E-state index is -4.74. The molecule has 0 aliphatic rings. The van der Waals surface area contributed by atoms with Crippen molar-refractivity contribution in [1.82, 2.24) is 9.78 Å². The van der Waals surface area contributed by atoms with Crippen molar-refractivity contribution < 1.29 is 22.6 Å². The molecule has 0 radical (unpaired) electrons. The Morgan fingerprint density at radius 3 is 2.41 bits per heavy atom. The monoisotopic (exact) mass is 376 g/mol. The van der Waals surface area contributed by atoms with Crippen molar-refractivity contribution in [3.8, 4) is 22.8 Å². The highest BCUT2D eigenvalue weighted by Gasteiger charge is 2.30. The third-order valence-electron chi connectivity index (χ3n) is 3.72. The van der Waals surface area contributed by atoms with Crippen LogP contribution in [0.1, 0.15) is 5.56 Å². The zero-order valence-electron chi connectivity index (χ0n) is 14.2. The molecule has 0 N–H and O–H groups in total. The van der Waals surface area contributed by atoms with Gasteiger partial charge in [0.05, 0.1) is 19.3 Å². The van der Waals surface area contributed by atoms with Gasteiger partial charge in [0, 0.05) is 11.6 Å². The number of aromatic nitrogens is 2. The summed E-state index contributed by atoms with van der Waals surface area (Å²) in [6.07, 6.45) is -4.74. The SMILES string of the molecule is COc1cccc(-c2ccc(=O)n(Cc3ccc(OC(F)(F)F)cc3)n2)c1. The molecular weight excluding hydrogens is 361 g/mol. The van der Waals surface area contributed by atoms with Crippen LogP contribution in [0.2, 0.25) is 0 Å². The molecule has 0 unspecified atom stereocenters. The fourth-order valence-electron chi connectivity index (χ4n) is 2.47. The minimum Gasteiger partial charge on any atom is -0.497 e. The Bertz CT molecular complexity index is 982. The van der Waals surface area contributed by atoms with E-state index in [1.165, 1.54) is 35.0 Å². The maximum atomic E-state index is 12.2. The van der Waals surface area contributed by atoms with Gasteiger partial charge < -0.3 is 9.47 Å². The number of hydrogen-bond acceptors (Lipinski definition) is 4. The highest BCUT2D eigenvalue weighted by molar-refractivity contribution is 5.60. The van der Waals surface area contributed by atoms with Gasteiger partial charge in [-0.3, -0.25) is 4.79 Å². The van der Waals surface area contributed by atoms with Crippen LogP contribution in [0.4, 0.5) is 13.2 Å². The number of rotatable bonds is 5. The Labute approximate surface area is 152 Å². The first-order valence-corrected chi connectivity index (χ1v) is 7.91. The Hall–Kier alpha value is -3.29. The number of halogens is 3. The van der Waals surface area contributed by atoms with Crippen molar-refractivity contribution in [3.05, 3.63) is 76.6 Å². The smallest absolute Gasteiger partial charge is 0.497 e. The van der Waals surface area contributed by atoms with Crippen LogP contribution in [-0.2, 0) is 6.54 Å². The first-order chi connectivity index (χ1) is 12.8. The van der Waals surface area contributed by atoms with Gasteiger partial charge >= 0.3 is 6.36 Å². The predicted molar refractivity (Wildman–Crippen MR) is 92.7 cm³/mol. The fraction of sp³-hybridized carbons (Fsp3) is 0.158. The lowest BCUT2D eigenvalue weighted by Gasteiger charge is -2.10. The first-order valence-electron chi connectivity index (χ1n) is 7.91. The van der Waals surface area contributed by atoms with E-state index in [4.69, 9.17) is 4.74 Å². The molecule has 2 aromatic carbocycles. The van der Waals surface area contributed by atoms with E-state index in [9.17, 15) is 18.0 Å². The quantitative estimate of drug-likeness (QED) is 0.679. The van der Waals surface area contributed by atoms with E-state index in [1.54, 1.807) is 25.3 Å². The van der Waals surface area contributed by atoms with Crippen molar-refractivity contribution in [3.63, 3.8) is 0 Å². The summed E-state index contributed by atoms with van der Waals surface area (Å²) in [6, 6.07) is 15.5. The van der Waals surface area contributed by atoms with Crippen molar-refractivity contribution >= 4 is 0 Å². The van der Waals surface area contributed by atoms with E-state index in [-0.39, 0.29) is 17.9 Å². The van der Waals surface area contributed by atoms with Gasteiger partial charge in [0.15, 0.2) is 0 Å². The Morgan fingerprint density at radius 2 is 1.74 bits per heavy atom. The third-order valence-corrected chi connectivity index (χ3v) is 3.72. The maximum absolute atomic E-state index is 12.2. The molecule has 8 heteroatoms. The maximum Gasteiger partial charge on any atom is 0.573 e. The molecule has 140 valence electrons. The second-order valence-corrected chi connectivity index (χ2v) is 5.64. The third kappa shape index (κ3) is 4.87. The van der Waals surface area contributed by atoms with Gasteiger partial charge in [-0.05, 0) is 35.9 Å². The van der Waals surface area contributed by atoms with Crippen LogP contribution in [0.3, 0.4) is 0 Å². The van der Waals surface area contributed by atoms with Crippen LogP contribution < -0.4 is 15.0 Å². The largest absolute Gasteiger partial charge is 0.573 e. The summed E-state index contributed by atoms with van der Waals surface area (Å²) in [6.45, 7) is 0.114. The van der Waals surface area contributed by atoms with E-state index in [0.717, 1.165) is 5.56 Å². The van der Waals surface area contributed by atoms with Gasteiger partial charge in [-0.2, -0.15) is 5.10 Å². The molecule has 0 aliphatic carbocycles. The lowest BCUT2D eigenvalue weighted by Crippen LogP contribution is -2.22. The highest BCUT2D eigenvalue weighted by Crippen LogP contribution is 2.23. The van der Waals surface area contributed by atoms with Gasteiger partial charge in [-0.25, -0.2) is 4.68 Å². The van der Waals surface area contributed by atoms with Crippen LogP contribution in [0.25, 0.3) is 11.3 Å². The first kappa shape index (κ1) is 18.5. The van der Waals surface area contributed by atoms with Crippen LogP contribution in [0, 0.1) is 0 Å². The molecule has 0 aliphatic heterocycles. The zero-order valence-corrected chi connectivity index (χ0v) is 14.2. The lowest BCUT2D eigenvalue weighted by atomic mass is 10.1. The van der Waals surface area contributed by atoms with Gasteiger partial charge in [-0.15, -0.1) is 13.2 Å². The van der Waals surface area contributed by atoms with E-state index in [1.807, 2.05) is 12.1 Å². The lowest BCUT2D eigenvalue weighted by molar-refractivity contribution is -0.274.